The number of alkyl carbamates (subject to hydrolysis) is 1. The van der Waals surface area contributed by atoms with E-state index in [0.717, 1.165) is 6.42 Å². The smallest absolute Gasteiger partial charge is 0.407 e. The van der Waals surface area contributed by atoms with Gasteiger partial charge in [-0.3, -0.25) is 0 Å². The molecule has 0 aromatic rings. The maximum Gasteiger partial charge on any atom is 0.407 e. The van der Waals surface area contributed by atoms with E-state index >= 15 is 0 Å². The Balaban J connectivity index is 3.17. The number of hydrogen-bond acceptors (Lipinski definition) is 3. The Labute approximate surface area is 66.1 Å². The van der Waals surface area contributed by atoms with E-state index < -0.39 is 6.09 Å². The molecule has 0 aromatic heterocycles. The van der Waals surface area contributed by atoms with Crippen LogP contribution in [0.15, 0.2) is 0 Å². The van der Waals surface area contributed by atoms with Crippen molar-refractivity contribution in [1.82, 2.24) is 5.32 Å². The van der Waals surface area contributed by atoms with Gasteiger partial charge in [0.25, 0.3) is 0 Å². The van der Waals surface area contributed by atoms with Gasteiger partial charge in [0.15, 0.2) is 0 Å². The predicted molar refractivity (Wildman–Crippen MR) is 39.9 cm³/mol. The highest BCUT2D eigenvalue weighted by molar-refractivity contribution is 5.66. The molecule has 0 bridgehead atoms. The highest BCUT2D eigenvalue weighted by Gasteiger charge is 1.97. The first-order valence-corrected chi connectivity index (χ1v) is 3.58. The lowest BCUT2D eigenvalue weighted by Gasteiger charge is -2.02. The molecule has 0 atom stereocenters. The SMILES string of the molecule is CCCNC(=O)OCCC#N. The van der Waals surface area contributed by atoms with E-state index in [1.165, 1.54) is 0 Å². The fraction of sp³-hybridized carbons (Fsp3) is 0.714. The van der Waals surface area contributed by atoms with E-state index in [1.54, 1.807) is 0 Å². The number of carbonyl (C=O) groups is 1. The lowest BCUT2D eigenvalue weighted by atomic mass is 10.5. The molecule has 0 aromatic carbocycles. The molecule has 4 nitrogen and oxygen atoms in total. The Hall–Kier alpha value is -1.24. The summed E-state index contributed by atoms with van der Waals surface area (Å²) in [5.41, 5.74) is 0. The largest absolute Gasteiger partial charge is 0.448 e. The van der Waals surface area contributed by atoms with Gasteiger partial charge in [-0.1, -0.05) is 6.92 Å². The number of carbonyl (C=O) groups excluding carboxylic acids is 1. The van der Waals surface area contributed by atoms with Crippen molar-refractivity contribution in [3.8, 4) is 6.07 Å². The molecule has 0 aliphatic rings. The van der Waals surface area contributed by atoms with E-state index in [4.69, 9.17) is 5.26 Å². The van der Waals surface area contributed by atoms with Gasteiger partial charge in [-0.15, -0.1) is 0 Å². The number of hydrogen-bond donors (Lipinski definition) is 1. The molecule has 0 heterocycles. The van der Waals surface area contributed by atoms with Crippen LogP contribution in [0.3, 0.4) is 0 Å². The summed E-state index contributed by atoms with van der Waals surface area (Å²) in [4.78, 5) is 10.6. The minimum Gasteiger partial charge on any atom is -0.448 e. The van der Waals surface area contributed by atoms with Crippen LogP contribution in [0, 0.1) is 11.3 Å². The lowest BCUT2D eigenvalue weighted by Crippen LogP contribution is -2.25. The van der Waals surface area contributed by atoms with Crippen LogP contribution >= 0.6 is 0 Å². The maximum atomic E-state index is 10.6. The third-order valence-electron chi connectivity index (χ3n) is 0.966. The van der Waals surface area contributed by atoms with Gasteiger partial charge < -0.3 is 10.1 Å². The molecule has 62 valence electrons. The van der Waals surface area contributed by atoms with Gasteiger partial charge in [0, 0.05) is 6.54 Å². The molecule has 1 amide bonds. The second-order valence-electron chi connectivity index (χ2n) is 1.97. The van der Waals surface area contributed by atoms with Crippen LogP contribution in [-0.4, -0.2) is 19.2 Å². The number of ether oxygens (including phenoxy) is 1. The molecule has 1 N–H and O–H groups in total. The second kappa shape index (κ2) is 6.87. The monoisotopic (exact) mass is 156 g/mol. The summed E-state index contributed by atoms with van der Waals surface area (Å²) in [6, 6.07) is 1.87. The van der Waals surface area contributed by atoms with Crippen LogP contribution in [0.25, 0.3) is 0 Å². The van der Waals surface area contributed by atoms with Crippen LogP contribution in [0.2, 0.25) is 0 Å². The van der Waals surface area contributed by atoms with Gasteiger partial charge in [-0.2, -0.15) is 5.26 Å². The van der Waals surface area contributed by atoms with E-state index in [0.29, 0.717) is 6.54 Å². The van der Waals surface area contributed by atoms with Crippen molar-refractivity contribution in [2.45, 2.75) is 19.8 Å². The van der Waals surface area contributed by atoms with Gasteiger partial charge in [0.2, 0.25) is 0 Å². The average molecular weight is 156 g/mol. The molecular formula is C7H12N2O2. The van der Waals surface area contributed by atoms with Crippen molar-refractivity contribution in [2.24, 2.45) is 0 Å². The third-order valence-corrected chi connectivity index (χ3v) is 0.966. The van der Waals surface area contributed by atoms with Crippen molar-refractivity contribution in [3.05, 3.63) is 0 Å². The molecule has 0 saturated heterocycles. The Morgan fingerprint density at radius 3 is 3.00 bits per heavy atom. The minimum absolute atomic E-state index is 0.173. The Kier molecular flexibility index (Phi) is 6.10. The number of nitriles is 1. The summed E-state index contributed by atoms with van der Waals surface area (Å²) in [6.45, 7) is 2.74. The zero-order chi connectivity index (χ0) is 8.53. The van der Waals surface area contributed by atoms with Crippen molar-refractivity contribution in [2.75, 3.05) is 13.2 Å². The summed E-state index contributed by atoms with van der Waals surface area (Å²) >= 11 is 0. The first-order valence-electron chi connectivity index (χ1n) is 3.58. The number of nitrogens with zero attached hydrogens (tertiary/aromatic N) is 1. The molecule has 4 heteroatoms. The van der Waals surface area contributed by atoms with Crippen LogP contribution in [0.4, 0.5) is 4.79 Å². The Morgan fingerprint density at radius 2 is 2.45 bits per heavy atom. The van der Waals surface area contributed by atoms with Crippen molar-refractivity contribution >= 4 is 6.09 Å². The molecule has 11 heavy (non-hydrogen) atoms. The summed E-state index contributed by atoms with van der Waals surface area (Å²) in [7, 11) is 0. The first kappa shape index (κ1) is 9.76. The fourth-order valence-corrected chi connectivity index (χ4v) is 0.467. The Bertz CT molecular complexity index is 151. The normalized spacial score (nSPS) is 8.36. The number of nitrogens with one attached hydrogen (secondary N) is 1. The molecule has 0 radical (unpaired) electrons. The lowest BCUT2D eigenvalue weighted by molar-refractivity contribution is 0.148. The molecular weight excluding hydrogens is 144 g/mol. The molecule has 0 rings (SSSR count). The van der Waals surface area contributed by atoms with Crippen LogP contribution in [-0.2, 0) is 4.74 Å². The highest BCUT2D eigenvalue weighted by Crippen LogP contribution is 1.81. The molecule has 0 fully saturated rings. The highest BCUT2D eigenvalue weighted by atomic mass is 16.5. The summed E-state index contributed by atoms with van der Waals surface area (Å²) in [5, 5.41) is 10.6. The average Bonchev–Trinajstić information content (AvgIpc) is 2.01. The van der Waals surface area contributed by atoms with E-state index in [-0.39, 0.29) is 13.0 Å². The fourth-order valence-electron chi connectivity index (χ4n) is 0.467. The van der Waals surface area contributed by atoms with Crippen molar-refractivity contribution in [3.63, 3.8) is 0 Å². The zero-order valence-corrected chi connectivity index (χ0v) is 6.59. The zero-order valence-electron chi connectivity index (χ0n) is 6.59. The van der Waals surface area contributed by atoms with Crippen LogP contribution in [0.5, 0.6) is 0 Å². The number of rotatable bonds is 4. The van der Waals surface area contributed by atoms with Gasteiger partial charge >= 0.3 is 6.09 Å². The predicted octanol–water partition coefficient (Wildman–Crippen LogP) is 1.04. The number of amides is 1. The van der Waals surface area contributed by atoms with E-state index in [1.807, 2.05) is 13.0 Å². The molecule has 0 aliphatic heterocycles. The van der Waals surface area contributed by atoms with Gasteiger partial charge in [0.1, 0.15) is 6.61 Å². The summed E-state index contributed by atoms with van der Waals surface area (Å²) in [6.07, 6.45) is 0.689. The summed E-state index contributed by atoms with van der Waals surface area (Å²) < 4.78 is 4.61. The third kappa shape index (κ3) is 6.65. The topological polar surface area (TPSA) is 62.1 Å². The molecule has 0 saturated carbocycles. The van der Waals surface area contributed by atoms with Gasteiger partial charge in [-0.05, 0) is 6.42 Å². The van der Waals surface area contributed by atoms with Crippen molar-refractivity contribution in [1.29, 1.82) is 5.26 Å². The van der Waals surface area contributed by atoms with Gasteiger partial charge in [0.05, 0.1) is 12.5 Å². The van der Waals surface area contributed by atoms with Crippen LogP contribution < -0.4 is 5.32 Å². The van der Waals surface area contributed by atoms with Gasteiger partial charge in [-0.25, -0.2) is 4.79 Å². The molecule has 0 unspecified atom stereocenters. The van der Waals surface area contributed by atoms with E-state index in [2.05, 4.69) is 10.1 Å². The van der Waals surface area contributed by atoms with Crippen LogP contribution in [0.1, 0.15) is 19.8 Å². The first-order chi connectivity index (χ1) is 5.31. The second-order valence-corrected chi connectivity index (χ2v) is 1.97. The quantitative estimate of drug-likeness (QED) is 0.618. The van der Waals surface area contributed by atoms with E-state index in [9.17, 15) is 4.79 Å². The standard InChI is InChI=1S/C7H12N2O2/c1-2-5-9-7(10)11-6-3-4-8/h2-3,5-6H2,1H3,(H,9,10). The molecule has 0 spiro atoms. The maximum absolute atomic E-state index is 10.6. The minimum atomic E-state index is -0.442. The Morgan fingerprint density at radius 1 is 1.73 bits per heavy atom. The summed E-state index contributed by atoms with van der Waals surface area (Å²) in [5.74, 6) is 0. The van der Waals surface area contributed by atoms with Crippen molar-refractivity contribution < 1.29 is 9.53 Å². The molecule has 0 aliphatic carbocycles.